The Morgan fingerprint density at radius 1 is 1.39 bits per heavy atom. The van der Waals surface area contributed by atoms with Crippen LogP contribution >= 0.6 is 0 Å². The third kappa shape index (κ3) is 3.28. The molecular weight excluding hydrogens is 231 g/mol. The molecule has 0 saturated heterocycles. The van der Waals surface area contributed by atoms with Crippen LogP contribution in [0.25, 0.3) is 0 Å². The van der Waals surface area contributed by atoms with Crippen LogP contribution in [0.15, 0.2) is 24.3 Å². The molecule has 0 aromatic heterocycles. The SMILES string of the molecule is CCC(CN)(COC)N(C)Cc1ccccc1F. The Labute approximate surface area is 109 Å². The van der Waals surface area contributed by atoms with Gasteiger partial charge in [0.15, 0.2) is 0 Å². The predicted molar refractivity (Wildman–Crippen MR) is 71.8 cm³/mol. The van der Waals surface area contributed by atoms with E-state index in [9.17, 15) is 4.39 Å². The maximum absolute atomic E-state index is 13.6. The minimum absolute atomic E-state index is 0.177. The van der Waals surface area contributed by atoms with Crippen molar-refractivity contribution < 1.29 is 9.13 Å². The lowest BCUT2D eigenvalue weighted by molar-refractivity contribution is 0.0228. The van der Waals surface area contributed by atoms with E-state index in [0.717, 1.165) is 6.42 Å². The van der Waals surface area contributed by atoms with Crippen LogP contribution in [-0.4, -0.2) is 37.7 Å². The van der Waals surface area contributed by atoms with Crippen molar-refractivity contribution in [2.75, 3.05) is 27.3 Å². The zero-order valence-corrected chi connectivity index (χ0v) is 11.4. The molecule has 0 bridgehead atoms. The van der Waals surface area contributed by atoms with Crippen molar-refractivity contribution >= 4 is 0 Å². The predicted octanol–water partition coefficient (Wildman–Crippen LogP) is 2.01. The highest BCUT2D eigenvalue weighted by molar-refractivity contribution is 5.17. The Balaban J connectivity index is 2.85. The van der Waals surface area contributed by atoms with Gasteiger partial charge in [-0.3, -0.25) is 4.90 Å². The normalized spacial score (nSPS) is 14.8. The van der Waals surface area contributed by atoms with Crippen molar-refractivity contribution in [3.8, 4) is 0 Å². The molecule has 2 N–H and O–H groups in total. The fourth-order valence-corrected chi connectivity index (χ4v) is 2.16. The summed E-state index contributed by atoms with van der Waals surface area (Å²) in [5.74, 6) is -0.177. The largest absolute Gasteiger partial charge is 0.383 e. The molecule has 0 heterocycles. The lowest BCUT2D eigenvalue weighted by atomic mass is 9.94. The van der Waals surface area contributed by atoms with E-state index >= 15 is 0 Å². The first-order chi connectivity index (χ1) is 8.59. The Hall–Kier alpha value is -0.970. The van der Waals surface area contributed by atoms with E-state index in [1.54, 1.807) is 19.2 Å². The highest BCUT2D eigenvalue weighted by atomic mass is 19.1. The first-order valence-corrected chi connectivity index (χ1v) is 6.23. The van der Waals surface area contributed by atoms with E-state index < -0.39 is 0 Å². The topological polar surface area (TPSA) is 38.5 Å². The summed E-state index contributed by atoms with van der Waals surface area (Å²) in [6.07, 6.45) is 0.863. The number of hydrogen-bond acceptors (Lipinski definition) is 3. The molecule has 1 atom stereocenters. The molecule has 18 heavy (non-hydrogen) atoms. The summed E-state index contributed by atoms with van der Waals surface area (Å²) in [6.45, 7) is 3.64. The van der Waals surface area contributed by atoms with Crippen molar-refractivity contribution in [1.82, 2.24) is 4.90 Å². The molecule has 102 valence electrons. The lowest BCUT2D eigenvalue weighted by Gasteiger charge is -2.40. The molecule has 1 aromatic rings. The molecule has 0 amide bonds. The molecule has 0 aliphatic rings. The van der Waals surface area contributed by atoms with Gasteiger partial charge in [0.05, 0.1) is 12.1 Å². The van der Waals surface area contributed by atoms with Crippen LogP contribution in [0.3, 0.4) is 0 Å². The molecule has 1 aromatic carbocycles. The van der Waals surface area contributed by atoms with E-state index in [4.69, 9.17) is 10.5 Å². The Kier molecular flexibility index (Phi) is 5.72. The van der Waals surface area contributed by atoms with Gasteiger partial charge in [-0.25, -0.2) is 4.39 Å². The number of rotatable bonds is 7. The second-order valence-corrected chi connectivity index (χ2v) is 4.66. The summed E-state index contributed by atoms with van der Waals surface area (Å²) in [6, 6.07) is 6.83. The number of likely N-dealkylation sites (N-methyl/N-ethyl adjacent to an activating group) is 1. The number of nitrogens with two attached hydrogens (primary N) is 1. The van der Waals surface area contributed by atoms with Crippen LogP contribution in [0, 0.1) is 5.82 Å². The zero-order chi connectivity index (χ0) is 13.6. The molecule has 0 fully saturated rings. The number of nitrogens with zero attached hydrogens (tertiary/aromatic N) is 1. The van der Waals surface area contributed by atoms with E-state index in [0.29, 0.717) is 25.3 Å². The van der Waals surface area contributed by atoms with Gasteiger partial charge >= 0.3 is 0 Å². The van der Waals surface area contributed by atoms with Crippen LogP contribution in [0.4, 0.5) is 4.39 Å². The van der Waals surface area contributed by atoms with Gasteiger partial charge in [0.2, 0.25) is 0 Å². The van der Waals surface area contributed by atoms with E-state index in [-0.39, 0.29) is 11.4 Å². The van der Waals surface area contributed by atoms with Crippen molar-refractivity contribution in [2.24, 2.45) is 5.73 Å². The lowest BCUT2D eigenvalue weighted by Crippen LogP contribution is -2.54. The van der Waals surface area contributed by atoms with Crippen LogP contribution in [-0.2, 0) is 11.3 Å². The van der Waals surface area contributed by atoms with Crippen molar-refractivity contribution in [1.29, 1.82) is 0 Å². The van der Waals surface area contributed by atoms with E-state index in [1.165, 1.54) is 6.07 Å². The smallest absolute Gasteiger partial charge is 0.127 e. The monoisotopic (exact) mass is 254 g/mol. The molecule has 1 unspecified atom stereocenters. The number of halogens is 1. The van der Waals surface area contributed by atoms with Crippen molar-refractivity contribution in [3.05, 3.63) is 35.6 Å². The van der Waals surface area contributed by atoms with Crippen molar-refractivity contribution in [2.45, 2.75) is 25.4 Å². The fraction of sp³-hybridized carbons (Fsp3) is 0.571. The minimum atomic E-state index is -0.239. The standard InChI is InChI=1S/C14H23FN2O/c1-4-14(10-16,11-18-3)17(2)9-12-7-5-6-8-13(12)15/h5-8H,4,9-11,16H2,1-3H3. The van der Waals surface area contributed by atoms with Gasteiger partial charge in [0.1, 0.15) is 5.82 Å². The first kappa shape index (κ1) is 15.1. The van der Waals surface area contributed by atoms with Gasteiger partial charge in [0, 0.05) is 25.8 Å². The molecule has 0 saturated carbocycles. The van der Waals surface area contributed by atoms with Crippen LogP contribution in [0.1, 0.15) is 18.9 Å². The first-order valence-electron chi connectivity index (χ1n) is 6.23. The van der Waals surface area contributed by atoms with Gasteiger partial charge in [-0.1, -0.05) is 25.1 Å². The van der Waals surface area contributed by atoms with Gasteiger partial charge in [-0.2, -0.15) is 0 Å². The van der Waals surface area contributed by atoms with E-state index in [2.05, 4.69) is 11.8 Å². The Morgan fingerprint density at radius 3 is 2.56 bits per heavy atom. The molecule has 0 spiro atoms. The highest BCUT2D eigenvalue weighted by Crippen LogP contribution is 2.21. The summed E-state index contributed by atoms with van der Waals surface area (Å²) in [7, 11) is 3.62. The van der Waals surface area contributed by atoms with Crippen LogP contribution < -0.4 is 5.73 Å². The summed E-state index contributed by atoms with van der Waals surface area (Å²) in [5.41, 5.74) is 6.33. The summed E-state index contributed by atoms with van der Waals surface area (Å²) < 4.78 is 18.9. The third-order valence-electron chi connectivity index (χ3n) is 3.63. The van der Waals surface area contributed by atoms with Gasteiger partial charge in [-0.05, 0) is 19.5 Å². The second-order valence-electron chi connectivity index (χ2n) is 4.66. The highest BCUT2D eigenvalue weighted by Gasteiger charge is 2.31. The summed E-state index contributed by atoms with van der Waals surface area (Å²) in [4.78, 5) is 2.08. The van der Waals surface area contributed by atoms with Gasteiger partial charge in [0.25, 0.3) is 0 Å². The number of hydrogen-bond donors (Lipinski definition) is 1. The Bertz CT molecular complexity index is 367. The number of ether oxygens (including phenoxy) is 1. The molecule has 0 aliphatic heterocycles. The average Bonchev–Trinajstić information content (AvgIpc) is 2.38. The maximum Gasteiger partial charge on any atom is 0.127 e. The third-order valence-corrected chi connectivity index (χ3v) is 3.63. The van der Waals surface area contributed by atoms with E-state index in [1.807, 2.05) is 13.1 Å². The fourth-order valence-electron chi connectivity index (χ4n) is 2.16. The molecule has 3 nitrogen and oxygen atoms in total. The van der Waals surface area contributed by atoms with Crippen LogP contribution in [0.2, 0.25) is 0 Å². The molecule has 4 heteroatoms. The second kappa shape index (κ2) is 6.83. The minimum Gasteiger partial charge on any atom is -0.383 e. The Morgan fingerprint density at radius 2 is 2.06 bits per heavy atom. The zero-order valence-electron chi connectivity index (χ0n) is 11.4. The van der Waals surface area contributed by atoms with Gasteiger partial charge < -0.3 is 10.5 Å². The maximum atomic E-state index is 13.6. The van der Waals surface area contributed by atoms with Crippen LogP contribution in [0.5, 0.6) is 0 Å². The quantitative estimate of drug-likeness (QED) is 0.809. The molecular formula is C14H23FN2O. The number of benzene rings is 1. The molecule has 1 rings (SSSR count). The number of methoxy groups -OCH3 is 1. The molecule has 0 aliphatic carbocycles. The van der Waals surface area contributed by atoms with Crippen molar-refractivity contribution in [3.63, 3.8) is 0 Å². The average molecular weight is 254 g/mol. The molecule has 0 radical (unpaired) electrons. The summed E-state index contributed by atoms with van der Waals surface area (Å²) in [5, 5.41) is 0. The van der Waals surface area contributed by atoms with Gasteiger partial charge in [-0.15, -0.1) is 0 Å². The summed E-state index contributed by atoms with van der Waals surface area (Å²) >= 11 is 0.